The van der Waals surface area contributed by atoms with Gasteiger partial charge in [-0.1, -0.05) is 72.4 Å². The molecule has 2 amide bonds. The molecule has 1 atom stereocenters. The lowest BCUT2D eigenvalue weighted by molar-refractivity contribution is -0.115. The van der Waals surface area contributed by atoms with E-state index in [1.807, 2.05) is 67.6 Å². The van der Waals surface area contributed by atoms with E-state index in [0.717, 1.165) is 22.5 Å². The first kappa shape index (κ1) is 21.4. The van der Waals surface area contributed by atoms with E-state index < -0.39 is 11.2 Å². The molecule has 0 aliphatic carbocycles. The maximum Gasteiger partial charge on any atom is 0.248 e. The van der Waals surface area contributed by atoms with E-state index in [0.29, 0.717) is 16.4 Å². The van der Waals surface area contributed by atoms with Crippen LogP contribution in [0.4, 0.5) is 5.69 Å². The first-order valence-corrected chi connectivity index (χ1v) is 11.0. The predicted octanol–water partition coefficient (Wildman–Crippen LogP) is 4.96. The molecule has 0 saturated heterocycles. The van der Waals surface area contributed by atoms with Gasteiger partial charge in [0.1, 0.15) is 0 Å². The highest BCUT2D eigenvalue weighted by atomic mass is 32.2. The van der Waals surface area contributed by atoms with Crippen molar-refractivity contribution < 1.29 is 9.59 Å². The second-order valence-corrected chi connectivity index (χ2v) is 8.52. The number of nitrogens with zero attached hydrogens (tertiary/aromatic N) is 1. The van der Waals surface area contributed by atoms with Crippen LogP contribution in [0.25, 0.3) is 22.5 Å². The summed E-state index contributed by atoms with van der Waals surface area (Å²) < 4.78 is 0. The molecule has 0 radical (unpaired) electrons. The normalized spacial score (nSPS) is 11.7. The van der Waals surface area contributed by atoms with Crippen LogP contribution in [0.2, 0.25) is 0 Å². The molecule has 0 saturated carbocycles. The number of benzene rings is 3. The predicted molar refractivity (Wildman–Crippen MR) is 128 cm³/mol. The van der Waals surface area contributed by atoms with Gasteiger partial charge in [0, 0.05) is 22.4 Å². The number of hydrogen-bond acceptors (Lipinski definition) is 4. The fraction of sp³-hybridized carbons (Fsp3) is 0.0800. The summed E-state index contributed by atoms with van der Waals surface area (Å²) in [6, 6.07) is 26.4. The number of anilines is 1. The van der Waals surface area contributed by atoms with Gasteiger partial charge in [-0.05, 0) is 31.2 Å². The summed E-state index contributed by atoms with van der Waals surface area (Å²) in [6.07, 6.45) is 0. The van der Waals surface area contributed by atoms with Crippen molar-refractivity contribution in [3.05, 3.63) is 90.5 Å². The number of carbonyl (C=O) groups is 2. The van der Waals surface area contributed by atoms with Crippen LogP contribution in [0.5, 0.6) is 0 Å². The molecular weight excluding hydrogens is 420 g/mol. The van der Waals surface area contributed by atoms with E-state index in [2.05, 4.69) is 10.3 Å². The standard InChI is InChI=1S/C25H22N4O2S/c1-16(24(31)27-20-14-12-19(13-15-20)23(26)30)32-25-28-21(17-8-4-2-5-9-17)22(29-25)18-10-6-3-7-11-18/h2-16H,1H3,(H2,26,30)(H,27,31)(H,28,29)/t16-/m0/s1. The van der Waals surface area contributed by atoms with Gasteiger partial charge in [-0.2, -0.15) is 0 Å². The van der Waals surface area contributed by atoms with Crippen molar-refractivity contribution in [1.82, 2.24) is 9.97 Å². The molecule has 6 nitrogen and oxygen atoms in total. The third kappa shape index (κ3) is 4.90. The molecule has 1 aromatic heterocycles. The summed E-state index contributed by atoms with van der Waals surface area (Å²) >= 11 is 1.35. The minimum Gasteiger partial charge on any atom is -0.366 e. The molecule has 0 aliphatic rings. The second-order valence-electron chi connectivity index (χ2n) is 7.19. The Hall–Kier alpha value is -3.84. The number of primary amides is 1. The Morgan fingerprint density at radius 3 is 2.09 bits per heavy atom. The largest absolute Gasteiger partial charge is 0.366 e. The molecule has 32 heavy (non-hydrogen) atoms. The van der Waals surface area contributed by atoms with Gasteiger partial charge in [0.05, 0.1) is 16.6 Å². The molecule has 0 unspecified atom stereocenters. The van der Waals surface area contributed by atoms with Gasteiger partial charge in [0.2, 0.25) is 11.8 Å². The molecule has 1 heterocycles. The summed E-state index contributed by atoms with van der Waals surface area (Å²) in [5, 5.41) is 3.12. The van der Waals surface area contributed by atoms with E-state index in [1.54, 1.807) is 24.3 Å². The van der Waals surface area contributed by atoms with Gasteiger partial charge in [-0.3, -0.25) is 9.59 Å². The maximum atomic E-state index is 12.7. The van der Waals surface area contributed by atoms with Crippen molar-refractivity contribution in [2.24, 2.45) is 5.73 Å². The van der Waals surface area contributed by atoms with Crippen molar-refractivity contribution in [2.75, 3.05) is 5.32 Å². The molecule has 160 valence electrons. The maximum absolute atomic E-state index is 12.7. The number of aromatic amines is 1. The first-order chi connectivity index (χ1) is 15.5. The van der Waals surface area contributed by atoms with Crippen molar-refractivity contribution in [2.45, 2.75) is 17.3 Å². The number of amides is 2. The number of rotatable bonds is 7. The van der Waals surface area contributed by atoms with Crippen LogP contribution in [-0.2, 0) is 4.79 Å². The molecule has 0 spiro atoms. The summed E-state index contributed by atoms with van der Waals surface area (Å²) in [5.74, 6) is -0.672. The van der Waals surface area contributed by atoms with Crippen molar-refractivity contribution in [1.29, 1.82) is 0 Å². The van der Waals surface area contributed by atoms with Gasteiger partial charge in [0.25, 0.3) is 0 Å². The van der Waals surface area contributed by atoms with E-state index in [-0.39, 0.29) is 5.91 Å². The Kier molecular flexibility index (Phi) is 6.37. The third-order valence-corrected chi connectivity index (χ3v) is 5.87. The quantitative estimate of drug-likeness (QED) is 0.352. The average Bonchev–Trinajstić information content (AvgIpc) is 3.24. The van der Waals surface area contributed by atoms with Crippen LogP contribution in [0.15, 0.2) is 90.1 Å². The van der Waals surface area contributed by atoms with Gasteiger partial charge in [0.15, 0.2) is 5.16 Å². The van der Waals surface area contributed by atoms with Crippen LogP contribution in [0.1, 0.15) is 17.3 Å². The molecule has 0 bridgehead atoms. The van der Waals surface area contributed by atoms with E-state index in [9.17, 15) is 9.59 Å². The molecule has 3 aromatic carbocycles. The number of aromatic nitrogens is 2. The number of H-pyrrole nitrogens is 1. The van der Waals surface area contributed by atoms with Crippen LogP contribution >= 0.6 is 11.8 Å². The minimum absolute atomic E-state index is 0.166. The zero-order valence-electron chi connectivity index (χ0n) is 17.4. The number of nitrogens with one attached hydrogen (secondary N) is 2. The highest BCUT2D eigenvalue weighted by Gasteiger charge is 2.20. The lowest BCUT2D eigenvalue weighted by Gasteiger charge is -2.10. The number of imidazole rings is 1. The summed E-state index contributed by atoms with van der Waals surface area (Å²) in [6.45, 7) is 1.82. The molecule has 7 heteroatoms. The zero-order chi connectivity index (χ0) is 22.5. The Labute approximate surface area is 190 Å². The van der Waals surface area contributed by atoms with Gasteiger partial charge in [-0.25, -0.2) is 4.98 Å². The smallest absolute Gasteiger partial charge is 0.248 e. The lowest BCUT2D eigenvalue weighted by Crippen LogP contribution is -2.22. The van der Waals surface area contributed by atoms with E-state index in [4.69, 9.17) is 10.7 Å². The molecule has 0 aliphatic heterocycles. The van der Waals surface area contributed by atoms with Gasteiger partial charge < -0.3 is 16.0 Å². The third-order valence-electron chi connectivity index (χ3n) is 4.89. The van der Waals surface area contributed by atoms with Gasteiger partial charge >= 0.3 is 0 Å². The average molecular weight is 443 g/mol. The van der Waals surface area contributed by atoms with Gasteiger partial charge in [-0.15, -0.1) is 0 Å². The Bertz CT molecular complexity index is 1170. The summed E-state index contributed by atoms with van der Waals surface area (Å²) in [4.78, 5) is 32.1. The SMILES string of the molecule is C[C@H](Sc1nc(-c2ccccc2)c(-c2ccccc2)[nH]1)C(=O)Nc1ccc(C(N)=O)cc1. The highest BCUT2D eigenvalue weighted by molar-refractivity contribution is 8.00. The second kappa shape index (κ2) is 9.53. The lowest BCUT2D eigenvalue weighted by atomic mass is 10.1. The van der Waals surface area contributed by atoms with Crippen molar-refractivity contribution in [3.8, 4) is 22.5 Å². The zero-order valence-corrected chi connectivity index (χ0v) is 18.2. The van der Waals surface area contributed by atoms with E-state index >= 15 is 0 Å². The Morgan fingerprint density at radius 1 is 0.906 bits per heavy atom. The van der Waals surface area contributed by atoms with Crippen LogP contribution in [0.3, 0.4) is 0 Å². The van der Waals surface area contributed by atoms with Crippen LogP contribution < -0.4 is 11.1 Å². The summed E-state index contributed by atoms with van der Waals surface area (Å²) in [5.41, 5.74) is 10.0. The number of carbonyl (C=O) groups excluding carboxylic acids is 2. The van der Waals surface area contributed by atoms with Crippen molar-refractivity contribution >= 4 is 29.3 Å². The topological polar surface area (TPSA) is 101 Å². The molecular formula is C25H22N4O2S. The number of hydrogen-bond donors (Lipinski definition) is 3. The Balaban J connectivity index is 1.54. The fourth-order valence-corrected chi connectivity index (χ4v) is 4.01. The highest BCUT2D eigenvalue weighted by Crippen LogP contribution is 2.33. The monoisotopic (exact) mass is 442 g/mol. The number of thioether (sulfide) groups is 1. The molecule has 4 rings (SSSR count). The molecule has 0 fully saturated rings. The van der Waals surface area contributed by atoms with Crippen LogP contribution in [0, 0.1) is 0 Å². The minimum atomic E-state index is -0.506. The van der Waals surface area contributed by atoms with Crippen molar-refractivity contribution in [3.63, 3.8) is 0 Å². The first-order valence-electron chi connectivity index (χ1n) is 10.1. The summed E-state index contributed by atoms with van der Waals surface area (Å²) in [7, 11) is 0. The molecule has 4 N–H and O–H groups in total. The number of nitrogens with two attached hydrogens (primary N) is 1. The Morgan fingerprint density at radius 2 is 1.50 bits per heavy atom. The molecule has 4 aromatic rings. The van der Waals surface area contributed by atoms with Crippen LogP contribution in [-0.4, -0.2) is 27.0 Å². The van der Waals surface area contributed by atoms with E-state index in [1.165, 1.54) is 11.8 Å². The fourth-order valence-electron chi connectivity index (χ4n) is 3.21.